The van der Waals surface area contributed by atoms with Crippen LogP contribution in [0.5, 0.6) is 0 Å². The molecule has 3 unspecified atom stereocenters. The standard InChI is InChI=1S/C17H31N/c1-13(2)17(9-10-17)12-18-16-8-7-14-5-3-4-6-15(14)11-16/h13-16,18H,3-12H2,1-2H3. The fourth-order valence-corrected chi connectivity index (χ4v) is 4.53. The van der Waals surface area contributed by atoms with Gasteiger partial charge in [0.25, 0.3) is 0 Å². The summed E-state index contributed by atoms with van der Waals surface area (Å²) in [5, 5.41) is 3.94. The normalized spacial score (nSPS) is 38.5. The largest absolute Gasteiger partial charge is 0.313 e. The Balaban J connectivity index is 1.47. The monoisotopic (exact) mass is 249 g/mol. The lowest BCUT2D eigenvalue weighted by atomic mass is 9.69. The van der Waals surface area contributed by atoms with Crippen LogP contribution < -0.4 is 5.32 Å². The molecule has 0 aromatic carbocycles. The van der Waals surface area contributed by atoms with Crippen molar-refractivity contribution in [3.63, 3.8) is 0 Å². The minimum atomic E-state index is 0.684. The van der Waals surface area contributed by atoms with Gasteiger partial charge in [-0.15, -0.1) is 0 Å². The van der Waals surface area contributed by atoms with Gasteiger partial charge in [-0.05, 0) is 55.3 Å². The third kappa shape index (κ3) is 2.61. The maximum Gasteiger partial charge on any atom is 0.00701 e. The van der Waals surface area contributed by atoms with E-state index in [2.05, 4.69) is 19.2 Å². The van der Waals surface area contributed by atoms with E-state index in [0.717, 1.165) is 23.8 Å². The summed E-state index contributed by atoms with van der Waals surface area (Å²) in [4.78, 5) is 0. The average Bonchev–Trinajstić information content (AvgIpc) is 3.17. The van der Waals surface area contributed by atoms with Crippen LogP contribution in [0.2, 0.25) is 0 Å². The molecular weight excluding hydrogens is 218 g/mol. The van der Waals surface area contributed by atoms with Crippen molar-refractivity contribution in [2.75, 3.05) is 6.54 Å². The molecule has 0 aliphatic heterocycles. The van der Waals surface area contributed by atoms with Gasteiger partial charge in [0, 0.05) is 12.6 Å². The molecule has 3 fully saturated rings. The van der Waals surface area contributed by atoms with Crippen molar-refractivity contribution in [3.8, 4) is 0 Å². The minimum Gasteiger partial charge on any atom is -0.313 e. The molecule has 0 spiro atoms. The van der Waals surface area contributed by atoms with E-state index in [0.29, 0.717) is 5.41 Å². The highest BCUT2D eigenvalue weighted by molar-refractivity contribution is 4.98. The van der Waals surface area contributed by atoms with E-state index in [-0.39, 0.29) is 0 Å². The summed E-state index contributed by atoms with van der Waals surface area (Å²) < 4.78 is 0. The molecule has 0 aromatic rings. The molecule has 1 nitrogen and oxygen atoms in total. The van der Waals surface area contributed by atoms with Crippen molar-refractivity contribution < 1.29 is 0 Å². The van der Waals surface area contributed by atoms with Gasteiger partial charge >= 0.3 is 0 Å². The van der Waals surface area contributed by atoms with Gasteiger partial charge in [-0.1, -0.05) is 39.5 Å². The van der Waals surface area contributed by atoms with Gasteiger partial charge in [0.1, 0.15) is 0 Å². The zero-order valence-corrected chi connectivity index (χ0v) is 12.4. The molecule has 3 saturated carbocycles. The molecule has 3 atom stereocenters. The lowest BCUT2D eigenvalue weighted by Crippen LogP contribution is -2.41. The van der Waals surface area contributed by atoms with Crippen molar-refractivity contribution in [3.05, 3.63) is 0 Å². The van der Waals surface area contributed by atoms with Crippen LogP contribution in [-0.4, -0.2) is 12.6 Å². The van der Waals surface area contributed by atoms with Gasteiger partial charge in [-0.2, -0.15) is 0 Å². The van der Waals surface area contributed by atoms with Crippen molar-refractivity contribution in [2.45, 2.75) is 77.7 Å². The van der Waals surface area contributed by atoms with E-state index in [9.17, 15) is 0 Å². The lowest BCUT2D eigenvalue weighted by molar-refractivity contribution is 0.138. The Morgan fingerprint density at radius 3 is 2.39 bits per heavy atom. The van der Waals surface area contributed by atoms with Crippen molar-refractivity contribution >= 4 is 0 Å². The topological polar surface area (TPSA) is 12.0 Å². The second-order valence-electron chi connectivity index (χ2n) is 7.71. The van der Waals surface area contributed by atoms with E-state index in [4.69, 9.17) is 0 Å². The summed E-state index contributed by atoms with van der Waals surface area (Å²) in [6.45, 7) is 6.12. The van der Waals surface area contributed by atoms with Crippen LogP contribution in [0.15, 0.2) is 0 Å². The summed E-state index contributed by atoms with van der Waals surface area (Å²) in [5.74, 6) is 3.03. The average molecular weight is 249 g/mol. The number of fused-ring (bicyclic) bond motifs is 1. The predicted molar refractivity (Wildman–Crippen MR) is 77.6 cm³/mol. The van der Waals surface area contributed by atoms with E-state index in [1.54, 1.807) is 0 Å². The smallest absolute Gasteiger partial charge is 0.00701 e. The van der Waals surface area contributed by atoms with Crippen LogP contribution in [0.3, 0.4) is 0 Å². The first-order chi connectivity index (χ1) is 8.70. The van der Waals surface area contributed by atoms with Crippen LogP contribution in [-0.2, 0) is 0 Å². The Morgan fingerprint density at radius 1 is 1.00 bits per heavy atom. The van der Waals surface area contributed by atoms with E-state index >= 15 is 0 Å². The molecule has 1 N–H and O–H groups in total. The van der Waals surface area contributed by atoms with Crippen LogP contribution in [0, 0.1) is 23.2 Å². The molecular formula is C17H31N. The SMILES string of the molecule is CC(C)C1(CNC2CCC3CCCCC3C2)CC1. The van der Waals surface area contributed by atoms with Crippen LogP contribution in [0.4, 0.5) is 0 Å². The van der Waals surface area contributed by atoms with Crippen LogP contribution >= 0.6 is 0 Å². The zero-order chi connectivity index (χ0) is 12.6. The third-order valence-electron chi connectivity index (χ3n) is 6.40. The summed E-state index contributed by atoms with van der Waals surface area (Å²) in [6.07, 6.45) is 13.5. The molecule has 0 amide bonds. The molecule has 0 bridgehead atoms. The molecule has 18 heavy (non-hydrogen) atoms. The Kier molecular flexibility index (Phi) is 3.71. The van der Waals surface area contributed by atoms with Gasteiger partial charge in [0.05, 0.1) is 0 Å². The Bertz CT molecular complexity index is 279. The molecule has 1 heteroatoms. The van der Waals surface area contributed by atoms with Crippen LogP contribution in [0.25, 0.3) is 0 Å². The molecule has 0 saturated heterocycles. The second-order valence-corrected chi connectivity index (χ2v) is 7.71. The van der Waals surface area contributed by atoms with Gasteiger partial charge in [0.15, 0.2) is 0 Å². The second kappa shape index (κ2) is 5.15. The van der Waals surface area contributed by atoms with Gasteiger partial charge < -0.3 is 5.32 Å². The highest BCUT2D eigenvalue weighted by Crippen LogP contribution is 2.51. The Labute approximate surface area is 113 Å². The molecule has 0 aromatic heterocycles. The summed E-state index contributed by atoms with van der Waals surface area (Å²) in [6, 6.07) is 0.848. The third-order valence-corrected chi connectivity index (χ3v) is 6.40. The predicted octanol–water partition coefficient (Wildman–Crippen LogP) is 4.37. The van der Waals surface area contributed by atoms with E-state index in [1.807, 2.05) is 0 Å². The van der Waals surface area contributed by atoms with Gasteiger partial charge in [0.2, 0.25) is 0 Å². The summed E-state index contributed by atoms with van der Waals surface area (Å²) in [5.41, 5.74) is 0.684. The maximum atomic E-state index is 3.94. The maximum absolute atomic E-state index is 3.94. The number of nitrogens with one attached hydrogen (secondary N) is 1. The van der Waals surface area contributed by atoms with E-state index < -0.39 is 0 Å². The number of rotatable bonds is 4. The van der Waals surface area contributed by atoms with Crippen molar-refractivity contribution in [1.82, 2.24) is 5.32 Å². The van der Waals surface area contributed by atoms with Crippen molar-refractivity contribution in [2.24, 2.45) is 23.2 Å². The first kappa shape index (κ1) is 13.0. The molecule has 0 heterocycles. The number of hydrogen-bond acceptors (Lipinski definition) is 1. The molecule has 3 aliphatic rings. The highest BCUT2D eigenvalue weighted by atomic mass is 14.9. The zero-order valence-electron chi connectivity index (χ0n) is 12.4. The fraction of sp³-hybridized carbons (Fsp3) is 1.00. The Morgan fingerprint density at radius 2 is 1.72 bits per heavy atom. The van der Waals surface area contributed by atoms with Crippen molar-refractivity contribution in [1.29, 1.82) is 0 Å². The first-order valence-electron chi connectivity index (χ1n) is 8.43. The quantitative estimate of drug-likeness (QED) is 0.780. The molecule has 0 radical (unpaired) electrons. The fourth-order valence-electron chi connectivity index (χ4n) is 4.53. The van der Waals surface area contributed by atoms with E-state index in [1.165, 1.54) is 64.3 Å². The summed E-state index contributed by atoms with van der Waals surface area (Å²) in [7, 11) is 0. The van der Waals surface area contributed by atoms with Gasteiger partial charge in [-0.25, -0.2) is 0 Å². The highest BCUT2D eigenvalue weighted by Gasteiger charge is 2.45. The minimum absolute atomic E-state index is 0.684. The first-order valence-corrected chi connectivity index (χ1v) is 8.43. The lowest BCUT2D eigenvalue weighted by Gasteiger charge is -2.40. The Hall–Kier alpha value is -0.0400. The summed E-state index contributed by atoms with van der Waals surface area (Å²) >= 11 is 0. The number of hydrogen-bond donors (Lipinski definition) is 1. The van der Waals surface area contributed by atoms with Gasteiger partial charge in [-0.3, -0.25) is 0 Å². The molecule has 3 rings (SSSR count). The molecule has 104 valence electrons. The molecule has 3 aliphatic carbocycles. The van der Waals surface area contributed by atoms with Crippen LogP contribution in [0.1, 0.15) is 71.6 Å².